The minimum Gasteiger partial charge on any atom is -0.469 e. The number of rotatable bonds is 4. The zero-order chi connectivity index (χ0) is 12.5. The van der Waals surface area contributed by atoms with Crippen LogP contribution < -0.4 is 5.32 Å². The first-order valence-electron chi connectivity index (χ1n) is 6.52. The lowest BCUT2D eigenvalue weighted by Gasteiger charge is -2.22. The number of nitrogens with one attached hydrogen (secondary N) is 1. The fourth-order valence-electron chi connectivity index (χ4n) is 3.25. The number of thiazole rings is 1. The number of carbonyl (C=O) groups is 1. The van der Waals surface area contributed by atoms with Crippen molar-refractivity contribution < 1.29 is 9.53 Å². The summed E-state index contributed by atoms with van der Waals surface area (Å²) in [7, 11) is 1.41. The molecule has 4 nitrogen and oxygen atoms in total. The Morgan fingerprint density at radius 1 is 1.56 bits per heavy atom. The number of carbonyl (C=O) groups excluding carboxylic acids is 1. The molecule has 2 saturated carbocycles. The third-order valence-corrected chi connectivity index (χ3v) is 4.97. The van der Waals surface area contributed by atoms with Gasteiger partial charge in [-0.2, -0.15) is 0 Å². The van der Waals surface area contributed by atoms with E-state index in [0.717, 1.165) is 22.7 Å². The second-order valence-corrected chi connectivity index (χ2v) is 6.18. The van der Waals surface area contributed by atoms with Crippen molar-refractivity contribution >= 4 is 22.4 Å². The molecule has 1 heterocycles. The second-order valence-electron chi connectivity index (χ2n) is 5.32. The molecule has 0 spiro atoms. The normalized spacial score (nSPS) is 29.5. The Bertz CT molecular complexity index is 446. The quantitative estimate of drug-likeness (QED) is 0.851. The van der Waals surface area contributed by atoms with Crippen LogP contribution in [0.3, 0.4) is 0 Å². The average Bonchev–Trinajstić information content (AvgIpc) is 3.06. The minimum absolute atomic E-state index is 0.230. The molecule has 2 bridgehead atoms. The zero-order valence-corrected chi connectivity index (χ0v) is 11.3. The van der Waals surface area contributed by atoms with Crippen LogP contribution in [0.25, 0.3) is 0 Å². The van der Waals surface area contributed by atoms with E-state index in [-0.39, 0.29) is 12.4 Å². The van der Waals surface area contributed by atoms with Gasteiger partial charge >= 0.3 is 5.97 Å². The Morgan fingerprint density at radius 2 is 2.44 bits per heavy atom. The first-order valence-corrected chi connectivity index (χ1v) is 7.40. The van der Waals surface area contributed by atoms with Crippen LogP contribution in [0.4, 0.5) is 5.13 Å². The van der Waals surface area contributed by atoms with Crippen molar-refractivity contribution in [3.05, 3.63) is 11.1 Å². The maximum Gasteiger partial charge on any atom is 0.311 e. The van der Waals surface area contributed by atoms with Gasteiger partial charge < -0.3 is 10.1 Å². The molecule has 1 aromatic rings. The predicted molar refractivity (Wildman–Crippen MR) is 70.7 cm³/mol. The van der Waals surface area contributed by atoms with Gasteiger partial charge in [-0.1, -0.05) is 6.42 Å². The molecule has 2 fully saturated rings. The van der Waals surface area contributed by atoms with Gasteiger partial charge in [0, 0.05) is 11.4 Å². The standard InChI is InChI=1S/C13H18N2O2S/c1-17-12(16)6-10-7-18-13(14-10)15-11-5-8-2-3-9(11)4-8/h7-9,11H,2-6H2,1H3,(H,14,15). The fourth-order valence-corrected chi connectivity index (χ4v) is 4.03. The number of methoxy groups -OCH3 is 1. The zero-order valence-electron chi connectivity index (χ0n) is 10.5. The molecular formula is C13H18N2O2S. The van der Waals surface area contributed by atoms with Crippen LogP contribution in [0, 0.1) is 11.8 Å². The highest BCUT2D eigenvalue weighted by Crippen LogP contribution is 2.45. The number of hydrogen-bond acceptors (Lipinski definition) is 5. The molecule has 2 aliphatic carbocycles. The van der Waals surface area contributed by atoms with Gasteiger partial charge in [-0.05, 0) is 31.1 Å². The molecule has 0 aliphatic heterocycles. The summed E-state index contributed by atoms with van der Waals surface area (Å²) in [6.07, 6.45) is 5.72. The molecule has 1 aromatic heterocycles. The molecule has 0 amide bonds. The highest BCUT2D eigenvalue weighted by molar-refractivity contribution is 7.13. The van der Waals surface area contributed by atoms with Gasteiger partial charge in [0.15, 0.2) is 5.13 Å². The second kappa shape index (κ2) is 4.88. The van der Waals surface area contributed by atoms with Gasteiger partial charge in [-0.25, -0.2) is 4.98 Å². The van der Waals surface area contributed by atoms with Crippen molar-refractivity contribution in [2.24, 2.45) is 11.8 Å². The first kappa shape index (κ1) is 12.0. The average molecular weight is 266 g/mol. The maximum atomic E-state index is 11.2. The van der Waals surface area contributed by atoms with Crippen LogP contribution in [0.5, 0.6) is 0 Å². The molecule has 5 heteroatoms. The first-order chi connectivity index (χ1) is 8.74. The van der Waals surface area contributed by atoms with Crippen molar-refractivity contribution in [2.75, 3.05) is 12.4 Å². The van der Waals surface area contributed by atoms with Gasteiger partial charge in [0.25, 0.3) is 0 Å². The van der Waals surface area contributed by atoms with E-state index in [2.05, 4.69) is 15.0 Å². The van der Waals surface area contributed by atoms with E-state index in [0.29, 0.717) is 6.04 Å². The molecule has 3 rings (SSSR count). The minimum atomic E-state index is -0.230. The van der Waals surface area contributed by atoms with Crippen LogP contribution in [0.2, 0.25) is 0 Å². The van der Waals surface area contributed by atoms with Crippen molar-refractivity contribution in [3.8, 4) is 0 Å². The van der Waals surface area contributed by atoms with E-state index in [1.807, 2.05) is 5.38 Å². The van der Waals surface area contributed by atoms with Crippen molar-refractivity contribution in [1.29, 1.82) is 0 Å². The Labute approximate surface area is 111 Å². The Balaban J connectivity index is 1.58. The Morgan fingerprint density at radius 3 is 3.11 bits per heavy atom. The van der Waals surface area contributed by atoms with Crippen LogP contribution in [-0.4, -0.2) is 24.1 Å². The molecule has 2 aliphatic rings. The third kappa shape index (κ3) is 2.36. The molecular weight excluding hydrogens is 248 g/mol. The molecule has 0 radical (unpaired) electrons. The number of hydrogen-bond donors (Lipinski definition) is 1. The van der Waals surface area contributed by atoms with Gasteiger partial charge in [-0.3, -0.25) is 4.79 Å². The third-order valence-electron chi connectivity index (χ3n) is 4.15. The SMILES string of the molecule is COC(=O)Cc1csc(NC2CC3CCC2C3)n1. The van der Waals surface area contributed by atoms with Crippen molar-refractivity contribution in [1.82, 2.24) is 4.98 Å². The summed E-state index contributed by atoms with van der Waals surface area (Å²) < 4.78 is 4.64. The Kier molecular flexibility index (Phi) is 3.24. The molecule has 3 atom stereocenters. The molecule has 0 aromatic carbocycles. The van der Waals surface area contributed by atoms with E-state index >= 15 is 0 Å². The molecule has 0 saturated heterocycles. The largest absolute Gasteiger partial charge is 0.469 e. The van der Waals surface area contributed by atoms with E-state index < -0.39 is 0 Å². The highest BCUT2D eigenvalue weighted by atomic mass is 32.1. The molecule has 18 heavy (non-hydrogen) atoms. The number of nitrogens with zero attached hydrogens (tertiary/aromatic N) is 1. The van der Waals surface area contributed by atoms with E-state index in [4.69, 9.17) is 0 Å². The number of esters is 1. The van der Waals surface area contributed by atoms with Crippen LogP contribution in [0.15, 0.2) is 5.38 Å². The summed E-state index contributed by atoms with van der Waals surface area (Å²) in [4.78, 5) is 15.6. The van der Waals surface area contributed by atoms with Gasteiger partial charge in [0.1, 0.15) is 0 Å². The van der Waals surface area contributed by atoms with E-state index in [1.165, 1.54) is 32.8 Å². The number of anilines is 1. The van der Waals surface area contributed by atoms with Crippen LogP contribution in [0.1, 0.15) is 31.4 Å². The highest BCUT2D eigenvalue weighted by Gasteiger charge is 2.39. The number of aromatic nitrogens is 1. The van der Waals surface area contributed by atoms with Gasteiger partial charge in [-0.15, -0.1) is 11.3 Å². The molecule has 98 valence electrons. The van der Waals surface area contributed by atoms with Gasteiger partial charge in [0.2, 0.25) is 0 Å². The van der Waals surface area contributed by atoms with Crippen LogP contribution in [-0.2, 0) is 16.0 Å². The summed E-state index contributed by atoms with van der Waals surface area (Å²) in [5, 5.41) is 6.43. The van der Waals surface area contributed by atoms with Crippen LogP contribution >= 0.6 is 11.3 Å². The van der Waals surface area contributed by atoms with Crippen molar-refractivity contribution in [2.45, 2.75) is 38.1 Å². The lowest BCUT2D eigenvalue weighted by Crippen LogP contribution is -2.25. The van der Waals surface area contributed by atoms with Gasteiger partial charge in [0.05, 0.1) is 19.2 Å². The summed E-state index contributed by atoms with van der Waals surface area (Å²) >= 11 is 1.59. The van der Waals surface area contributed by atoms with E-state index in [9.17, 15) is 4.79 Å². The maximum absolute atomic E-state index is 11.2. The summed E-state index contributed by atoms with van der Waals surface area (Å²) in [6, 6.07) is 0.598. The van der Waals surface area contributed by atoms with E-state index in [1.54, 1.807) is 11.3 Å². The lowest BCUT2D eigenvalue weighted by atomic mass is 9.96. The smallest absolute Gasteiger partial charge is 0.311 e. The summed E-state index contributed by atoms with van der Waals surface area (Å²) in [5.41, 5.74) is 0.803. The summed E-state index contributed by atoms with van der Waals surface area (Å²) in [5.74, 6) is 1.54. The summed E-state index contributed by atoms with van der Waals surface area (Å²) in [6.45, 7) is 0. The fraction of sp³-hybridized carbons (Fsp3) is 0.692. The predicted octanol–water partition coefficient (Wildman–Crippen LogP) is 2.46. The van der Waals surface area contributed by atoms with Crippen molar-refractivity contribution in [3.63, 3.8) is 0 Å². The molecule has 1 N–H and O–H groups in total. The Hall–Kier alpha value is -1.10. The molecule has 3 unspecified atom stereocenters. The number of ether oxygens (including phenoxy) is 1. The topological polar surface area (TPSA) is 51.2 Å². The lowest BCUT2D eigenvalue weighted by molar-refractivity contribution is -0.139. The number of fused-ring (bicyclic) bond motifs is 2. The monoisotopic (exact) mass is 266 g/mol.